The molecule has 0 amide bonds. The van der Waals surface area contributed by atoms with Gasteiger partial charge in [0, 0.05) is 5.56 Å². The maximum absolute atomic E-state index is 13.9. The SMILES string of the molecule is COC(=O)c1c(F)cc(-c2ccc(N)nn2)c(F)c1F. The average molecular weight is 283 g/mol. The Balaban J connectivity index is 2.63. The number of hydrogen-bond acceptors (Lipinski definition) is 5. The third-order valence-corrected chi connectivity index (χ3v) is 2.51. The topological polar surface area (TPSA) is 78.1 Å². The minimum atomic E-state index is -1.65. The summed E-state index contributed by atoms with van der Waals surface area (Å²) in [6, 6.07) is 3.19. The molecule has 0 saturated heterocycles. The molecule has 0 aliphatic heterocycles. The molecule has 104 valence electrons. The second-order valence-corrected chi connectivity index (χ2v) is 3.74. The number of aromatic nitrogens is 2. The summed E-state index contributed by atoms with van der Waals surface area (Å²) < 4.78 is 45.5. The van der Waals surface area contributed by atoms with E-state index in [1.54, 1.807) is 0 Å². The van der Waals surface area contributed by atoms with Gasteiger partial charge in [-0.2, -0.15) is 0 Å². The third kappa shape index (κ3) is 2.27. The van der Waals surface area contributed by atoms with Crippen molar-refractivity contribution in [2.45, 2.75) is 0 Å². The molecule has 0 radical (unpaired) electrons. The van der Waals surface area contributed by atoms with E-state index in [1.807, 2.05) is 0 Å². The van der Waals surface area contributed by atoms with Gasteiger partial charge in [-0.05, 0) is 18.2 Å². The fraction of sp³-hybridized carbons (Fsp3) is 0.0833. The van der Waals surface area contributed by atoms with E-state index in [2.05, 4.69) is 14.9 Å². The fourth-order valence-corrected chi connectivity index (χ4v) is 1.56. The standard InChI is InChI=1S/C12H8F3N3O2/c1-20-12(19)9-6(13)4-5(10(14)11(9)15)7-2-3-8(16)18-17-7/h2-4H,1H3,(H2,16,18). The van der Waals surface area contributed by atoms with Crippen LogP contribution in [0.5, 0.6) is 0 Å². The molecular weight excluding hydrogens is 275 g/mol. The van der Waals surface area contributed by atoms with Crippen LogP contribution in [0.1, 0.15) is 10.4 Å². The lowest BCUT2D eigenvalue weighted by atomic mass is 10.1. The van der Waals surface area contributed by atoms with Crippen LogP contribution in [0.3, 0.4) is 0 Å². The van der Waals surface area contributed by atoms with Crippen LogP contribution in [0.25, 0.3) is 11.3 Å². The number of benzene rings is 1. The van der Waals surface area contributed by atoms with Gasteiger partial charge < -0.3 is 10.5 Å². The molecule has 0 saturated carbocycles. The van der Waals surface area contributed by atoms with Crippen molar-refractivity contribution in [3.8, 4) is 11.3 Å². The first-order valence-corrected chi connectivity index (χ1v) is 5.31. The zero-order valence-corrected chi connectivity index (χ0v) is 10.2. The highest BCUT2D eigenvalue weighted by Gasteiger charge is 2.25. The summed E-state index contributed by atoms with van der Waals surface area (Å²) >= 11 is 0. The lowest BCUT2D eigenvalue weighted by Crippen LogP contribution is -2.11. The molecule has 1 heterocycles. The summed E-state index contributed by atoms with van der Waals surface area (Å²) in [6.07, 6.45) is 0. The van der Waals surface area contributed by atoms with Gasteiger partial charge in [-0.25, -0.2) is 18.0 Å². The number of rotatable bonds is 2. The molecule has 0 fully saturated rings. The predicted molar refractivity (Wildman–Crippen MR) is 63.1 cm³/mol. The van der Waals surface area contributed by atoms with E-state index in [-0.39, 0.29) is 11.5 Å². The molecule has 2 rings (SSSR count). The van der Waals surface area contributed by atoms with Crippen LogP contribution < -0.4 is 5.73 Å². The Kier molecular flexibility index (Phi) is 3.55. The highest BCUT2D eigenvalue weighted by molar-refractivity contribution is 5.90. The highest BCUT2D eigenvalue weighted by atomic mass is 19.2. The number of ether oxygens (including phenoxy) is 1. The molecule has 1 aromatic heterocycles. The van der Waals surface area contributed by atoms with E-state index in [9.17, 15) is 18.0 Å². The normalized spacial score (nSPS) is 10.4. The summed E-state index contributed by atoms with van der Waals surface area (Å²) in [4.78, 5) is 11.2. The Labute approximate surface area is 111 Å². The van der Waals surface area contributed by atoms with Crippen molar-refractivity contribution in [2.24, 2.45) is 0 Å². The van der Waals surface area contributed by atoms with Crippen molar-refractivity contribution >= 4 is 11.8 Å². The number of anilines is 1. The van der Waals surface area contributed by atoms with Crippen molar-refractivity contribution in [1.82, 2.24) is 10.2 Å². The van der Waals surface area contributed by atoms with E-state index in [1.165, 1.54) is 12.1 Å². The van der Waals surface area contributed by atoms with E-state index in [0.717, 1.165) is 7.11 Å². The predicted octanol–water partition coefficient (Wildman–Crippen LogP) is 1.93. The number of carbonyl (C=O) groups excluding carboxylic acids is 1. The Morgan fingerprint density at radius 3 is 2.45 bits per heavy atom. The molecule has 0 unspecified atom stereocenters. The lowest BCUT2D eigenvalue weighted by molar-refractivity contribution is 0.0588. The van der Waals surface area contributed by atoms with E-state index in [4.69, 9.17) is 5.73 Å². The van der Waals surface area contributed by atoms with Crippen molar-refractivity contribution in [1.29, 1.82) is 0 Å². The van der Waals surface area contributed by atoms with Crippen LogP contribution in [0, 0.1) is 17.5 Å². The first kappa shape index (κ1) is 13.8. The summed E-state index contributed by atoms with van der Waals surface area (Å²) in [5, 5.41) is 6.98. The third-order valence-electron chi connectivity index (χ3n) is 2.51. The van der Waals surface area contributed by atoms with Crippen LogP contribution >= 0.6 is 0 Å². The van der Waals surface area contributed by atoms with Gasteiger partial charge in [0.05, 0.1) is 12.8 Å². The molecule has 0 atom stereocenters. The van der Waals surface area contributed by atoms with Gasteiger partial charge in [0.1, 0.15) is 17.2 Å². The van der Waals surface area contributed by atoms with Crippen molar-refractivity contribution in [3.05, 3.63) is 41.2 Å². The Bertz CT molecular complexity index is 675. The Hall–Kier alpha value is -2.64. The van der Waals surface area contributed by atoms with Crippen molar-refractivity contribution in [2.75, 3.05) is 12.8 Å². The van der Waals surface area contributed by atoms with Crippen molar-refractivity contribution in [3.63, 3.8) is 0 Å². The van der Waals surface area contributed by atoms with Gasteiger partial charge >= 0.3 is 5.97 Å². The number of esters is 1. The smallest absolute Gasteiger partial charge is 0.343 e. The lowest BCUT2D eigenvalue weighted by Gasteiger charge is -2.08. The van der Waals surface area contributed by atoms with E-state index < -0.39 is 34.5 Å². The van der Waals surface area contributed by atoms with Gasteiger partial charge in [-0.1, -0.05) is 0 Å². The van der Waals surface area contributed by atoms with E-state index in [0.29, 0.717) is 6.07 Å². The number of nitrogens with zero attached hydrogens (tertiary/aromatic N) is 2. The summed E-state index contributed by atoms with van der Waals surface area (Å²) in [5.41, 5.74) is 3.62. The fourth-order valence-electron chi connectivity index (χ4n) is 1.56. The maximum Gasteiger partial charge on any atom is 0.343 e. The number of nitrogen functional groups attached to an aromatic ring is 1. The summed E-state index contributed by atoms with van der Waals surface area (Å²) in [6.45, 7) is 0. The largest absolute Gasteiger partial charge is 0.465 e. The first-order chi connectivity index (χ1) is 9.45. The average Bonchev–Trinajstić information content (AvgIpc) is 2.43. The van der Waals surface area contributed by atoms with Crippen LogP contribution in [0.4, 0.5) is 19.0 Å². The van der Waals surface area contributed by atoms with Crippen LogP contribution in [-0.4, -0.2) is 23.3 Å². The molecule has 5 nitrogen and oxygen atoms in total. The van der Waals surface area contributed by atoms with Gasteiger partial charge in [0.2, 0.25) is 0 Å². The Morgan fingerprint density at radius 2 is 1.90 bits per heavy atom. The molecular formula is C12H8F3N3O2. The molecule has 2 aromatic rings. The second kappa shape index (κ2) is 5.16. The number of hydrogen-bond donors (Lipinski definition) is 1. The molecule has 8 heteroatoms. The minimum absolute atomic E-state index is 0.0706. The molecule has 20 heavy (non-hydrogen) atoms. The zero-order chi connectivity index (χ0) is 14.9. The molecule has 0 spiro atoms. The van der Waals surface area contributed by atoms with Crippen molar-refractivity contribution < 1.29 is 22.7 Å². The molecule has 0 aliphatic rings. The van der Waals surface area contributed by atoms with Gasteiger partial charge in [0.15, 0.2) is 11.6 Å². The summed E-state index contributed by atoms with van der Waals surface area (Å²) in [7, 11) is 0.929. The molecule has 1 aromatic carbocycles. The Morgan fingerprint density at radius 1 is 1.20 bits per heavy atom. The number of nitrogens with two attached hydrogens (primary N) is 1. The minimum Gasteiger partial charge on any atom is -0.465 e. The van der Waals surface area contributed by atoms with Crippen LogP contribution in [0.15, 0.2) is 18.2 Å². The van der Waals surface area contributed by atoms with Crippen LogP contribution in [0.2, 0.25) is 0 Å². The summed E-state index contributed by atoms with van der Waals surface area (Å²) in [5.74, 6) is -5.57. The van der Waals surface area contributed by atoms with E-state index >= 15 is 0 Å². The van der Waals surface area contributed by atoms with Gasteiger partial charge in [-0.3, -0.25) is 0 Å². The second-order valence-electron chi connectivity index (χ2n) is 3.74. The number of carbonyl (C=O) groups is 1. The highest BCUT2D eigenvalue weighted by Crippen LogP contribution is 2.27. The maximum atomic E-state index is 13.9. The van der Waals surface area contributed by atoms with Gasteiger partial charge in [-0.15, -0.1) is 10.2 Å². The first-order valence-electron chi connectivity index (χ1n) is 5.31. The number of methoxy groups -OCH3 is 1. The number of halogens is 3. The van der Waals surface area contributed by atoms with Gasteiger partial charge in [0.25, 0.3) is 0 Å². The quantitative estimate of drug-likeness (QED) is 0.673. The molecule has 0 bridgehead atoms. The monoisotopic (exact) mass is 283 g/mol. The van der Waals surface area contributed by atoms with Crippen LogP contribution in [-0.2, 0) is 4.74 Å². The zero-order valence-electron chi connectivity index (χ0n) is 10.2. The molecule has 0 aliphatic carbocycles. The molecule has 2 N–H and O–H groups in total.